The molecule has 0 radical (unpaired) electrons. The summed E-state index contributed by atoms with van der Waals surface area (Å²) in [5.41, 5.74) is 0.696. The molecule has 3 aliphatic rings. The lowest BCUT2D eigenvalue weighted by Crippen LogP contribution is -2.40. The maximum absolute atomic E-state index is 12.6. The number of carbonyl (C=O) groups excluding carboxylic acids is 2. The van der Waals surface area contributed by atoms with Crippen LogP contribution in [0.15, 0.2) is 24.3 Å². The molecule has 6 atom stereocenters. The molecule has 2 aliphatic carbocycles. The number of anilines is 1. The first-order chi connectivity index (χ1) is 10.1. The van der Waals surface area contributed by atoms with Crippen molar-refractivity contribution in [2.75, 3.05) is 5.32 Å². The van der Waals surface area contributed by atoms with Crippen molar-refractivity contribution in [3.8, 4) is 0 Å². The molecule has 1 N–H and O–H groups in total. The lowest BCUT2D eigenvalue weighted by molar-refractivity contribution is -0.145. The van der Waals surface area contributed by atoms with E-state index >= 15 is 0 Å². The molecule has 3 fully saturated rings. The molecule has 1 saturated heterocycles. The second-order valence-electron chi connectivity index (χ2n) is 5.96. The number of carbonyl (C=O) groups is 2. The number of amides is 1. The van der Waals surface area contributed by atoms with Crippen LogP contribution in [0.5, 0.6) is 0 Å². The molecule has 2 saturated carbocycles. The van der Waals surface area contributed by atoms with E-state index in [9.17, 15) is 9.59 Å². The van der Waals surface area contributed by atoms with Gasteiger partial charge in [-0.2, -0.15) is 0 Å². The van der Waals surface area contributed by atoms with Crippen molar-refractivity contribution >= 4 is 45.1 Å². The van der Waals surface area contributed by atoms with Gasteiger partial charge in [-0.05, 0) is 36.6 Å². The van der Waals surface area contributed by atoms with Crippen molar-refractivity contribution in [3.63, 3.8) is 0 Å². The standard InChI is InChI=1S/C15H13BrClNO3/c16-12-8-5-9-11(15(20)21-13(9)12)10(8)14(19)18-7-3-1-6(17)2-4-7/h1-4,8-13H,5H2,(H,18,19). The summed E-state index contributed by atoms with van der Waals surface area (Å²) in [7, 11) is 0. The molecule has 1 aromatic rings. The van der Waals surface area contributed by atoms with E-state index in [1.54, 1.807) is 24.3 Å². The smallest absolute Gasteiger partial charge is 0.310 e. The van der Waals surface area contributed by atoms with E-state index in [1.807, 2.05) is 0 Å². The summed E-state index contributed by atoms with van der Waals surface area (Å²) in [4.78, 5) is 24.7. The van der Waals surface area contributed by atoms with Gasteiger partial charge in [-0.25, -0.2) is 0 Å². The molecule has 0 aromatic heterocycles. The fourth-order valence-corrected chi connectivity index (χ4v) is 5.26. The minimum Gasteiger partial charge on any atom is -0.461 e. The number of fused-ring (bicyclic) bond motifs is 1. The van der Waals surface area contributed by atoms with Crippen molar-refractivity contribution in [2.24, 2.45) is 23.7 Å². The zero-order valence-electron chi connectivity index (χ0n) is 11.0. The van der Waals surface area contributed by atoms with Crippen molar-refractivity contribution < 1.29 is 14.3 Å². The lowest BCUT2D eigenvalue weighted by Gasteiger charge is -2.27. The lowest BCUT2D eigenvalue weighted by atomic mass is 9.79. The van der Waals surface area contributed by atoms with Gasteiger partial charge >= 0.3 is 5.97 Å². The molecule has 21 heavy (non-hydrogen) atoms. The highest BCUT2D eigenvalue weighted by Gasteiger charge is 2.67. The second kappa shape index (κ2) is 4.71. The zero-order chi connectivity index (χ0) is 14.7. The number of alkyl halides is 1. The Morgan fingerprint density at radius 2 is 2.00 bits per heavy atom. The minimum atomic E-state index is -0.304. The molecule has 1 heterocycles. The molecule has 1 aliphatic heterocycles. The molecular weight excluding hydrogens is 358 g/mol. The van der Waals surface area contributed by atoms with Crippen LogP contribution in [-0.4, -0.2) is 22.8 Å². The highest BCUT2D eigenvalue weighted by Crippen LogP contribution is 2.60. The van der Waals surface area contributed by atoms with Crippen LogP contribution in [0.3, 0.4) is 0 Å². The fraction of sp³-hybridized carbons (Fsp3) is 0.467. The van der Waals surface area contributed by atoms with E-state index in [0.717, 1.165) is 6.42 Å². The van der Waals surface area contributed by atoms with E-state index in [0.29, 0.717) is 10.7 Å². The van der Waals surface area contributed by atoms with Crippen LogP contribution in [0.1, 0.15) is 6.42 Å². The normalized spacial score (nSPS) is 39.4. The molecule has 4 rings (SSSR count). The van der Waals surface area contributed by atoms with E-state index in [-0.39, 0.29) is 46.5 Å². The Morgan fingerprint density at radius 3 is 2.71 bits per heavy atom. The maximum Gasteiger partial charge on any atom is 0.310 e. The number of halogens is 2. The Bertz CT molecular complexity index is 620. The van der Waals surface area contributed by atoms with Crippen LogP contribution in [0.25, 0.3) is 0 Å². The minimum absolute atomic E-state index is 0.0490. The predicted octanol–water partition coefficient (Wildman–Crippen LogP) is 2.85. The van der Waals surface area contributed by atoms with Gasteiger partial charge in [0.1, 0.15) is 6.10 Å². The first-order valence-electron chi connectivity index (χ1n) is 6.97. The van der Waals surface area contributed by atoms with Gasteiger partial charge in [-0.3, -0.25) is 9.59 Å². The van der Waals surface area contributed by atoms with E-state index in [1.165, 1.54) is 0 Å². The van der Waals surface area contributed by atoms with Crippen molar-refractivity contribution in [3.05, 3.63) is 29.3 Å². The van der Waals surface area contributed by atoms with Crippen LogP contribution in [-0.2, 0) is 14.3 Å². The van der Waals surface area contributed by atoms with Gasteiger partial charge in [0.2, 0.25) is 5.91 Å². The van der Waals surface area contributed by atoms with Crippen molar-refractivity contribution in [1.29, 1.82) is 0 Å². The van der Waals surface area contributed by atoms with Gasteiger partial charge in [0.15, 0.2) is 0 Å². The van der Waals surface area contributed by atoms with Crippen LogP contribution >= 0.6 is 27.5 Å². The summed E-state index contributed by atoms with van der Waals surface area (Å²) >= 11 is 9.44. The number of nitrogens with one attached hydrogen (secondary N) is 1. The Kier molecular flexibility index (Phi) is 3.05. The Labute approximate surface area is 135 Å². The molecule has 4 nitrogen and oxygen atoms in total. The average Bonchev–Trinajstić information content (AvgIpc) is 3.05. The maximum atomic E-state index is 12.6. The number of esters is 1. The summed E-state index contributed by atoms with van der Waals surface area (Å²) in [5.74, 6) is -0.540. The molecule has 110 valence electrons. The summed E-state index contributed by atoms with van der Waals surface area (Å²) in [6.07, 6.45) is 0.836. The Balaban J connectivity index is 1.57. The third-order valence-electron chi connectivity index (χ3n) is 4.94. The van der Waals surface area contributed by atoms with E-state index in [4.69, 9.17) is 16.3 Å². The van der Waals surface area contributed by atoms with E-state index in [2.05, 4.69) is 21.2 Å². The number of hydrogen-bond acceptors (Lipinski definition) is 3. The van der Waals surface area contributed by atoms with Gasteiger partial charge in [-0.1, -0.05) is 27.5 Å². The summed E-state index contributed by atoms with van der Waals surface area (Å²) in [6, 6.07) is 6.97. The molecule has 2 bridgehead atoms. The van der Waals surface area contributed by atoms with Gasteiger partial charge in [0.05, 0.1) is 16.7 Å². The van der Waals surface area contributed by atoms with Gasteiger partial charge in [-0.15, -0.1) is 0 Å². The Morgan fingerprint density at radius 1 is 1.29 bits per heavy atom. The highest BCUT2D eigenvalue weighted by molar-refractivity contribution is 9.09. The fourth-order valence-electron chi connectivity index (χ4n) is 4.09. The van der Waals surface area contributed by atoms with Crippen molar-refractivity contribution in [2.45, 2.75) is 17.4 Å². The molecule has 6 unspecified atom stereocenters. The van der Waals surface area contributed by atoms with Crippen LogP contribution < -0.4 is 5.32 Å². The third kappa shape index (κ3) is 1.94. The van der Waals surface area contributed by atoms with E-state index < -0.39 is 0 Å². The second-order valence-corrected chi connectivity index (χ2v) is 7.45. The molecule has 0 spiro atoms. The molecule has 1 aromatic carbocycles. The summed E-state index contributed by atoms with van der Waals surface area (Å²) in [5, 5.41) is 3.51. The quantitative estimate of drug-likeness (QED) is 0.643. The highest BCUT2D eigenvalue weighted by atomic mass is 79.9. The predicted molar refractivity (Wildman–Crippen MR) is 81.3 cm³/mol. The van der Waals surface area contributed by atoms with Crippen LogP contribution in [0.2, 0.25) is 5.02 Å². The van der Waals surface area contributed by atoms with Gasteiger partial charge in [0, 0.05) is 16.6 Å². The number of rotatable bonds is 2. The largest absolute Gasteiger partial charge is 0.461 e. The monoisotopic (exact) mass is 369 g/mol. The summed E-state index contributed by atoms with van der Waals surface area (Å²) < 4.78 is 5.41. The first-order valence-corrected chi connectivity index (χ1v) is 8.26. The molecule has 1 amide bonds. The Hall–Kier alpha value is -1.07. The summed E-state index contributed by atoms with van der Waals surface area (Å²) in [6.45, 7) is 0. The van der Waals surface area contributed by atoms with Crippen LogP contribution in [0.4, 0.5) is 5.69 Å². The topological polar surface area (TPSA) is 55.4 Å². The van der Waals surface area contributed by atoms with Gasteiger partial charge in [0.25, 0.3) is 0 Å². The zero-order valence-corrected chi connectivity index (χ0v) is 13.3. The SMILES string of the molecule is O=C(Nc1ccc(Cl)cc1)C1C2CC3C(OC(=O)C31)C2Br. The number of benzene rings is 1. The number of ether oxygens (including phenoxy) is 1. The van der Waals surface area contributed by atoms with Crippen LogP contribution in [0, 0.1) is 23.7 Å². The number of hydrogen-bond donors (Lipinski definition) is 1. The third-order valence-corrected chi connectivity index (χ3v) is 6.39. The average molecular weight is 371 g/mol. The molecule has 6 heteroatoms. The van der Waals surface area contributed by atoms with Gasteiger partial charge < -0.3 is 10.1 Å². The van der Waals surface area contributed by atoms with Crippen molar-refractivity contribution in [1.82, 2.24) is 0 Å². The molecular formula is C15H13BrClNO3. The first kappa shape index (κ1) is 13.6.